The van der Waals surface area contributed by atoms with Crippen LogP contribution in [0.5, 0.6) is 0 Å². The third-order valence-electron chi connectivity index (χ3n) is 11.3. The predicted octanol–water partition coefficient (Wildman–Crippen LogP) is 11.2. The molecule has 3 aliphatic heterocycles. The zero-order valence-electron chi connectivity index (χ0n) is 28.2. The van der Waals surface area contributed by atoms with Crippen molar-refractivity contribution in [2.75, 3.05) is 47.9 Å². The van der Waals surface area contributed by atoms with Gasteiger partial charge in [0.25, 0.3) is 0 Å². The van der Waals surface area contributed by atoms with Crippen molar-refractivity contribution in [2.24, 2.45) is 0 Å². The number of benzene rings is 6. The molecule has 48 heavy (non-hydrogen) atoms. The molecule has 6 aromatic carbocycles. The minimum atomic E-state index is 1.06. The molecule has 0 aliphatic carbocycles. The fourth-order valence-corrected chi connectivity index (χ4v) is 8.82. The van der Waals surface area contributed by atoms with Crippen LogP contribution >= 0.6 is 0 Å². The Hall–Kier alpha value is -4.76. The zero-order valence-corrected chi connectivity index (χ0v) is 28.2. The van der Waals surface area contributed by atoms with E-state index in [4.69, 9.17) is 0 Å². The van der Waals surface area contributed by atoms with Crippen molar-refractivity contribution in [3.63, 3.8) is 0 Å². The normalized spacial score (nSPS) is 16.6. The van der Waals surface area contributed by atoms with Gasteiger partial charge in [-0.2, -0.15) is 0 Å². The number of nitrogens with zero attached hydrogens (tertiary/aromatic N) is 3. The van der Waals surface area contributed by atoms with Crippen LogP contribution in [0.3, 0.4) is 0 Å². The smallest absolute Gasteiger partial charge is 0.0447 e. The van der Waals surface area contributed by atoms with E-state index in [9.17, 15) is 0 Å². The summed E-state index contributed by atoms with van der Waals surface area (Å²) in [7, 11) is 2.25. The molecule has 0 amide bonds. The van der Waals surface area contributed by atoms with Crippen LogP contribution in [-0.4, -0.2) is 33.2 Å². The van der Waals surface area contributed by atoms with Gasteiger partial charge in [0.05, 0.1) is 0 Å². The van der Waals surface area contributed by atoms with Crippen LogP contribution in [0.4, 0.5) is 22.7 Å². The van der Waals surface area contributed by atoms with E-state index < -0.39 is 0 Å². The number of para-hydroxylation sites is 1. The molecule has 3 heteroatoms. The molecular weight excluding hydrogens is 583 g/mol. The Kier molecular flexibility index (Phi) is 7.57. The van der Waals surface area contributed by atoms with Crippen molar-refractivity contribution in [1.82, 2.24) is 0 Å². The molecule has 0 unspecified atom stereocenters. The average molecular weight is 628 g/mol. The Labute approximate surface area is 285 Å². The second-order valence-corrected chi connectivity index (χ2v) is 14.2. The zero-order chi connectivity index (χ0) is 32.0. The molecule has 3 nitrogen and oxygen atoms in total. The van der Waals surface area contributed by atoms with E-state index in [1.54, 1.807) is 0 Å². The third kappa shape index (κ3) is 5.12. The first kappa shape index (κ1) is 29.4. The molecule has 0 atom stereocenters. The number of piperidine rings is 2. The summed E-state index contributed by atoms with van der Waals surface area (Å²) in [6.07, 6.45) is 9.90. The molecule has 0 bridgehead atoms. The van der Waals surface area contributed by atoms with Crippen LogP contribution in [0.1, 0.15) is 49.7 Å². The lowest BCUT2D eigenvalue weighted by Crippen LogP contribution is -2.29. The highest BCUT2D eigenvalue weighted by Gasteiger charge is 2.23. The number of hydrogen-bond donors (Lipinski definition) is 0. The molecule has 240 valence electrons. The van der Waals surface area contributed by atoms with E-state index in [0.717, 1.165) is 39.0 Å². The topological polar surface area (TPSA) is 9.72 Å². The van der Waals surface area contributed by atoms with Gasteiger partial charge in [-0.25, -0.2) is 0 Å². The molecule has 3 heterocycles. The van der Waals surface area contributed by atoms with Gasteiger partial charge in [0.2, 0.25) is 0 Å². The Balaban J connectivity index is 1.33. The summed E-state index contributed by atoms with van der Waals surface area (Å²) in [4.78, 5) is 7.65. The first-order valence-electron chi connectivity index (χ1n) is 18.3. The number of anilines is 4. The molecule has 2 fully saturated rings. The van der Waals surface area contributed by atoms with Gasteiger partial charge >= 0.3 is 0 Å². The first-order valence-corrected chi connectivity index (χ1v) is 18.3. The summed E-state index contributed by atoms with van der Waals surface area (Å²) in [5.41, 5.74) is 13.5. The molecule has 6 aromatic rings. The lowest BCUT2D eigenvalue weighted by atomic mass is 9.85. The van der Waals surface area contributed by atoms with Gasteiger partial charge in [0, 0.05) is 56.0 Å². The third-order valence-corrected chi connectivity index (χ3v) is 11.3. The van der Waals surface area contributed by atoms with Gasteiger partial charge in [0.15, 0.2) is 0 Å². The van der Waals surface area contributed by atoms with Crippen molar-refractivity contribution >= 4 is 44.3 Å². The van der Waals surface area contributed by atoms with Crippen LogP contribution < -0.4 is 14.7 Å². The van der Waals surface area contributed by atoms with Crippen molar-refractivity contribution < 1.29 is 0 Å². The van der Waals surface area contributed by atoms with Gasteiger partial charge in [-0.1, -0.05) is 72.8 Å². The monoisotopic (exact) mass is 627 g/mol. The molecule has 3 aliphatic rings. The van der Waals surface area contributed by atoms with Crippen molar-refractivity contribution in [3.8, 4) is 22.3 Å². The van der Waals surface area contributed by atoms with Crippen LogP contribution in [0.2, 0.25) is 0 Å². The highest BCUT2D eigenvalue weighted by molar-refractivity contribution is 6.22. The SMILES string of the molecule is CN1c2ccccc2CCc2ccc(-c3c4ccc(N5CCCCC5)cc4c(-c4ccccc4)c4ccc(N5CCCCC5)cc34)cc21. The molecule has 0 radical (unpaired) electrons. The van der Waals surface area contributed by atoms with Crippen LogP contribution in [0.15, 0.2) is 109 Å². The fraction of sp³-hybridized carbons (Fsp3) is 0.289. The molecule has 2 saturated heterocycles. The highest BCUT2D eigenvalue weighted by Crippen LogP contribution is 2.47. The maximum atomic E-state index is 2.61. The summed E-state index contributed by atoms with van der Waals surface area (Å²) in [6.45, 7) is 4.57. The summed E-state index contributed by atoms with van der Waals surface area (Å²) < 4.78 is 0. The molecular formula is C45H45N3. The van der Waals surface area contributed by atoms with Gasteiger partial charge < -0.3 is 14.7 Å². The lowest BCUT2D eigenvalue weighted by molar-refractivity contribution is 0.578. The predicted molar refractivity (Wildman–Crippen MR) is 206 cm³/mol. The largest absolute Gasteiger partial charge is 0.372 e. The lowest BCUT2D eigenvalue weighted by Gasteiger charge is -2.30. The Morgan fingerprint density at radius 2 is 0.958 bits per heavy atom. The molecule has 0 saturated carbocycles. The summed E-state index contributed by atoms with van der Waals surface area (Å²) >= 11 is 0. The Morgan fingerprint density at radius 1 is 0.417 bits per heavy atom. The molecule has 0 spiro atoms. The molecule has 9 rings (SSSR count). The van der Waals surface area contributed by atoms with E-state index in [1.807, 2.05) is 0 Å². The summed E-state index contributed by atoms with van der Waals surface area (Å²) in [5, 5.41) is 5.39. The summed E-state index contributed by atoms with van der Waals surface area (Å²) in [6, 6.07) is 42.1. The van der Waals surface area contributed by atoms with Crippen molar-refractivity contribution in [1.29, 1.82) is 0 Å². The van der Waals surface area contributed by atoms with E-state index in [-0.39, 0.29) is 0 Å². The second-order valence-electron chi connectivity index (χ2n) is 14.2. The highest BCUT2D eigenvalue weighted by atomic mass is 15.1. The number of rotatable bonds is 4. The van der Waals surface area contributed by atoms with E-state index in [1.165, 1.54) is 116 Å². The quantitative estimate of drug-likeness (QED) is 0.180. The summed E-state index contributed by atoms with van der Waals surface area (Å²) in [5.74, 6) is 0. The fourth-order valence-electron chi connectivity index (χ4n) is 8.82. The number of aryl methyl sites for hydroxylation is 2. The maximum absolute atomic E-state index is 2.61. The maximum Gasteiger partial charge on any atom is 0.0447 e. The molecule has 0 N–H and O–H groups in total. The number of fused-ring (bicyclic) bond motifs is 4. The number of hydrogen-bond acceptors (Lipinski definition) is 3. The van der Waals surface area contributed by atoms with Crippen LogP contribution in [0, 0.1) is 0 Å². The molecule has 0 aromatic heterocycles. The first-order chi connectivity index (χ1) is 23.7. The van der Waals surface area contributed by atoms with Crippen molar-refractivity contribution in [2.45, 2.75) is 51.4 Å². The Bertz CT molecular complexity index is 2120. The van der Waals surface area contributed by atoms with E-state index >= 15 is 0 Å². The van der Waals surface area contributed by atoms with Gasteiger partial charge in [-0.05, 0) is 143 Å². The van der Waals surface area contributed by atoms with Gasteiger partial charge in [-0.3, -0.25) is 0 Å². The van der Waals surface area contributed by atoms with E-state index in [2.05, 4.69) is 131 Å². The second kappa shape index (κ2) is 12.4. The Morgan fingerprint density at radius 3 is 1.58 bits per heavy atom. The van der Waals surface area contributed by atoms with Crippen LogP contribution in [0.25, 0.3) is 43.8 Å². The van der Waals surface area contributed by atoms with Gasteiger partial charge in [-0.15, -0.1) is 0 Å². The van der Waals surface area contributed by atoms with Crippen molar-refractivity contribution in [3.05, 3.63) is 120 Å². The standard InChI is InChI=1S/C45H45N3/c1-46-42-16-8-7-13-32(42)17-18-33-19-20-35(29-43(33)46)45-39-24-22-36(47-25-9-3-10-26-47)30-40(39)44(34-14-5-2-6-15-34)38-23-21-37(31-41(38)45)48-27-11-4-12-28-48/h2,5-8,13-16,19-24,29-31H,3-4,9-12,17-18,25-28H2,1H3. The van der Waals surface area contributed by atoms with E-state index in [0.29, 0.717) is 0 Å². The van der Waals surface area contributed by atoms with Gasteiger partial charge in [0.1, 0.15) is 0 Å². The van der Waals surface area contributed by atoms with Crippen LogP contribution in [-0.2, 0) is 12.8 Å². The average Bonchev–Trinajstić information content (AvgIpc) is 3.30. The minimum Gasteiger partial charge on any atom is -0.372 e. The minimum absolute atomic E-state index is 1.06.